The summed E-state index contributed by atoms with van der Waals surface area (Å²) in [6.45, 7) is 2.66. The van der Waals surface area contributed by atoms with E-state index in [1.807, 2.05) is 41.8 Å². The Kier molecular flexibility index (Phi) is 5.94. The number of para-hydroxylation sites is 1. The van der Waals surface area contributed by atoms with Crippen LogP contribution in [0.15, 0.2) is 62.6 Å². The minimum atomic E-state index is -0.149. The summed E-state index contributed by atoms with van der Waals surface area (Å²) in [5, 5.41) is 13.6. The first kappa shape index (κ1) is 20.0. The third-order valence-corrected chi connectivity index (χ3v) is 6.41. The van der Waals surface area contributed by atoms with Gasteiger partial charge in [-0.15, -0.1) is 10.2 Å². The molecule has 0 saturated carbocycles. The van der Waals surface area contributed by atoms with E-state index in [2.05, 4.69) is 31.4 Å². The van der Waals surface area contributed by atoms with Crippen LogP contribution in [-0.4, -0.2) is 26.4 Å². The van der Waals surface area contributed by atoms with Crippen LogP contribution in [-0.2, 0) is 11.3 Å². The molecule has 0 radical (unpaired) electrons. The standard InChI is InChI=1S/C20H16BrClN4O2S/c1-2-26-19(17-9-12-5-3-4-6-16(12)28-17)24-25-20(26)29-11-18(27)23-13-7-8-14(21)15(22)10-13/h3-10H,2,11H2,1H3,(H,23,27). The van der Waals surface area contributed by atoms with Gasteiger partial charge in [0.2, 0.25) is 11.7 Å². The van der Waals surface area contributed by atoms with Crippen molar-refractivity contribution in [3.8, 4) is 11.6 Å². The van der Waals surface area contributed by atoms with Crippen molar-refractivity contribution in [2.45, 2.75) is 18.6 Å². The van der Waals surface area contributed by atoms with Crippen LogP contribution < -0.4 is 5.32 Å². The molecular formula is C20H16BrClN4O2S. The molecule has 2 aromatic carbocycles. The molecule has 2 heterocycles. The van der Waals surface area contributed by atoms with E-state index in [4.69, 9.17) is 16.0 Å². The number of nitrogens with one attached hydrogen (secondary N) is 1. The summed E-state index contributed by atoms with van der Waals surface area (Å²) < 4.78 is 8.62. The van der Waals surface area contributed by atoms with Crippen molar-refractivity contribution in [3.63, 3.8) is 0 Å². The minimum absolute atomic E-state index is 0.149. The SMILES string of the molecule is CCn1c(SCC(=O)Nc2ccc(Br)c(Cl)c2)nnc1-c1cc2ccccc2o1. The van der Waals surface area contributed by atoms with Crippen molar-refractivity contribution in [2.75, 3.05) is 11.1 Å². The number of carbonyl (C=O) groups is 1. The number of rotatable bonds is 6. The van der Waals surface area contributed by atoms with Gasteiger partial charge < -0.3 is 9.73 Å². The molecule has 0 bridgehead atoms. The second-order valence-corrected chi connectivity index (χ2v) is 8.37. The Balaban J connectivity index is 1.48. The van der Waals surface area contributed by atoms with Gasteiger partial charge in [0.25, 0.3) is 0 Å². The molecule has 0 saturated heterocycles. The van der Waals surface area contributed by atoms with Crippen molar-refractivity contribution < 1.29 is 9.21 Å². The van der Waals surface area contributed by atoms with Crippen molar-refractivity contribution in [3.05, 3.63) is 58.0 Å². The monoisotopic (exact) mass is 490 g/mol. The third kappa shape index (κ3) is 4.34. The number of nitrogens with zero attached hydrogens (tertiary/aromatic N) is 3. The van der Waals surface area contributed by atoms with Crippen molar-refractivity contribution >= 4 is 61.9 Å². The maximum Gasteiger partial charge on any atom is 0.234 e. The molecule has 0 spiro atoms. The summed E-state index contributed by atoms with van der Waals surface area (Å²) in [5.41, 5.74) is 1.44. The lowest BCUT2D eigenvalue weighted by Gasteiger charge is -2.07. The van der Waals surface area contributed by atoms with Crippen molar-refractivity contribution in [1.82, 2.24) is 14.8 Å². The van der Waals surface area contributed by atoms with Crippen LogP contribution in [0, 0.1) is 0 Å². The van der Waals surface area contributed by atoms with Crippen LogP contribution in [0.4, 0.5) is 5.69 Å². The number of carbonyl (C=O) groups excluding carboxylic acids is 1. The summed E-state index contributed by atoms with van der Waals surface area (Å²) in [7, 11) is 0. The van der Waals surface area contributed by atoms with Crippen LogP contribution >= 0.6 is 39.3 Å². The van der Waals surface area contributed by atoms with Crippen LogP contribution in [0.1, 0.15) is 6.92 Å². The molecule has 1 amide bonds. The Labute approximate surface area is 184 Å². The molecule has 0 fully saturated rings. The van der Waals surface area contributed by atoms with Gasteiger partial charge in [0, 0.05) is 22.1 Å². The first-order chi connectivity index (χ1) is 14.0. The van der Waals surface area contributed by atoms with E-state index in [0.717, 1.165) is 15.4 Å². The molecule has 0 unspecified atom stereocenters. The number of anilines is 1. The highest BCUT2D eigenvalue weighted by atomic mass is 79.9. The lowest BCUT2D eigenvalue weighted by Crippen LogP contribution is -2.14. The molecule has 4 aromatic rings. The molecule has 4 rings (SSSR count). The minimum Gasteiger partial charge on any atom is -0.453 e. The summed E-state index contributed by atoms with van der Waals surface area (Å²) in [5.74, 6) is 1.35. The highest BCUT2D eigenvalue weighted by Crippen LogP contribution is 2.29. The molecule has 0 atom stereocenters. The van der Waals surface area contributed by atoms with Gasteiger partial charge >= 0.3 is 0 Å². The van der Waals surface area contributed by atoms with Crippen molar-refractivity contribution in [1.29, 1.82) is 0 Å². The Hall–Kier alpha value is -2.29. The Morgan fingerprint density at radius 2 is 2.07 bits per heavy atom. The first-order valence-electron chi connectivity index (χ1n) is 8.85. The highest BCUT2D eigenvalue weighted by molar-refractivity contribution is 9.10. The molecule has 0 aliphatic rings. The zero-order valence-electron chi connectivity index (χ0n) is 15.4. The number of aromatic nitrogens is 3. The van der Waals surface area contributed by atoms with E-state index in [1.165, 1.54) is 11.8 Å². The maximum absolute atomic E-state index is 12.3. The summed E-state index contributed by atoms with van der Waals surface area (Å²) in [6.07, 6.45) is 0. The van der Waals surface area contributed by atoms with Gasteiger partial charge in [0.1, 0.15) is 5.58 Å². The van der Waals surface area contributed by atoms with Gasteiger partial charge in [-0.1, -0.05) is 41.6 Å². The Morgan fingerprint density at radius 1 is 1.24 bits per heavy atom. The lowest BCUT2D eigenvalue weighted by atomic mass is 10.2. The molecule has 29 heavy (non-hydrogen) atoms. The number of hydrogen-bond acceptors (Lipinski definition) is 5. The van der Waals surface area contributed by atoms with Crippen molar-refractivity contribution in [2.24, 2.45) is 0 Å². The number of benzene rings is 2. The maximum atomic E-state index is 12.3. The van der Waals surface area contributed by atoms with E-state index < -0.39 is 0 Å². The van der Waals surface area contributed by atoms with E-state index in [1.54, 1.807) is 18.2 Å². The Morgan fingerprint density at radius 3 is 2.83 bits per heavy atom. The fraction of sp³-hybridized carbons (Fsp3) is 0.150. The predicted octanol–water partition coefficient (Wildman–Crippen LogP) is 5.86. The summed E-state index contributed by atoms with van der Waals surface area (Å²) in [6, 6.07) is 15.0. The molecule has 0 aliphatic heterocycles. The average Bonchev–Trinajstić information content (AvgIpc) is 3.32. The van der Waals surface area contributed by atoms with Gasteiger partial charge in [-0.05, 0) is 53.2 Å². The number of thioether (sulfide) groups is 1. The predicted molar refractivity (Wildman–Crippen MR) is 119 cm³/mol. The normalized spacial score (nSPS) is 11.1. The first-order valence-corrected chi connectivity index (χ1v) is 11.0. The zero-order chi connectivity index (χ0) is 20.4. The molecule has 9 heteroatoms. The largest absolute Gasteiger partial charge is 0.453 e. The van der Waals surface area contributed by atoms with Gasteiger partial charge in [-0.25, -0.2) is 0 Å². The number of hydrogen-bond donors (Lipinski definition) is 1. The molecule has 0 aliphatic carbocycles. The molecule has 6 nitrogen and oxygen atoms in total. The highest BCUT2D eigenvalue weighted by Gasteiger charge is 2.18. The van der Waals surface area contributed by atoms with Gasteiger partial charge in [-0.2, -0.15) is 0 Å². The van der Waals surface area contributed by atoms with E-state index in [9.17, 15) is 4.79 Å². The van der Waals surface area contributed by atoms with Crippen LogP contribution in [0.2, 0.25) is 5.02 Å². The van der Waals surface area contributed by atoms with Gasteiger partial charge in [-0.3, -0.25) is 9.36 Å². The summed E-state index contributed by atoms with van der Waals surface area (Å²) >= 11 is 10.7. The third-order valence-electron chi connectivity index (χ3n) is 4.21. The topological polar surface area (TPSA) is 73.0 Å². The van der Waals surface area contributed by atoms with Crippen LogP contribution in [0.25, 0.3) is 22.6 Å². The molecule has 148 valence electrons. The number of amides is 1. The van der Waals surface area contributed by atoms with Crippen LogP contribution in [0.5, 0.6) is 0 Å². The summed E-state index contributed by atoms with van der Waals surface area (Å²) in [4.78, 5) is 12.3. The zero-order valence-corrected chi connectivity index (χ0v) is 18.5. The van der Waals surface area contributed by atoms with E-state index >= 15 is 0 Å². The number of fused-ring (bicyclic) bond motifs is 1. The lowest BCUT2D eigenvalue weighted by molar-refractivity contribution is -0.113. The fourth-order valence-electron chi connectivity index (χ4n) is 2.86. The molecule has 1 N–H and O–H groups in total. The number of halogens is 2. The molecular weight excluding hydrogens is 476 g/mol. The quantitative estimate of drug-likeness (QED) is 0.342. The average molecular weight is 492 g/mol. The smallest absolute Gasteiger partial charge is 0.234 e. The van der Waals surface area contributed by atoms with E-state index in [-0.39, 0.29) is 11.7 Å². The second-order valence-electron chi connectivity index (χ2n) is 6.16. The van der Waals surface area contributed by atoms with Gasteiger partial charge in [0.05, 0.1) is 10.8 Å². The molecule has 2 aromatic heterocycles. The fourth-order valence-corrected chi connectivity index (χ4v) is 4.09. The number of furan rings is 1. The van der Waals surface area contributed by atoms with Crippen LogP contribution in [0.3, 0.4) is 0 Å². The second kappa shape index (κ2) is 8.61. The Bertz CT molecular complexity index is 1160. The van der Waals surface area contributed by atoms with Gasteiger partial charge in [0.15, 0.2) is 10.9 Å². The van der Waals surface area contributed by atoms with E-state index in [0.29, 0.717) is 34.0 Å².